The van der Waals surface area contributed by atoms with Gasteiger partial charge in [0.2, 0.25) is 0 Å². The van der Waals surface area contributed by atoms with Gasteiger partial charge in [-0.3, -0.25) is 0 Å². The molecule has 1 atom stereocenters. The Kier molecular flexibility index (Phi) is 31.0. The Labute approximate surface area is 758 Å². The predicted octanol–water partition coefficient (Wildman–Crippen LogP) is 33.2. The smallest absolute Gasteiger partial charge is 0.0901 e. The second-order valence-corrected chi connectivity index (χ2v) is 41.8. The highest BCUT2D eigenvalue weighted by molar-refractivity contribution is 8.01. The Morgan fingerprint density at radius 2 is 0.195 bits per heavy atom. The molecule has 0 spiro atoms. The highest BCUT2D eigenvalue weighted by Gasteiger charge is 2.33. The summed E-state index contributed by atoms with van der Waals surface area (Å²) >= 11 is 9.02. The molecule has 0 aliphatic rings. The van der Waals surface area contributed by atoms with Gasteiger partial charge in [0.15, 0.2) is 58.7 Å². The largest absolute Gasteiger partial charge is 0.166 e. The average molecular weight is 1750 g/mol. The maximum atomic E-state index is 2.30. The molecule has 0 amide bonds. The minimum Gasteiger partial charge on any atom is -0.0901 e. The molecule has 0 saturated heterocycles. The van der Waals surface area contributed by atoms with E-state index < -0.39 is 0 Å². The number of benzene rings is 19. The summed E-state index contributed by atoms with van der Waals surface area (Å²) in [5.74, 6) is 0. The van der Waals surface area contributed by atoms with Gasteiger partial charge in [-0.15, -0.1) is 0 Å². The molecule has 1 unspecified atom stereocenters. The Balaban J connectivity index is 0.000000126. The van der Waals surface area contributed by atoms with E-state index >= 15 is 0 Å². The van der Waals surface area contributed by atoms with Crippen LogP contribution >= 0.6 is 58.8 Å². The van der Waals surface area contributed by atoms with Crippen LogP contribution in [0.1, 0.15) is 0 Å². The zero-order valence-electron chi connectivity index (χ0n) is 67.5. The minimum absolute atomic E-state index is 0.0146. The topological polar surface area (TPSA) is 0 Å². The molecule has 19 rings (SSSR count). The molecule has 123 heavy (non-hydrogen) atoms. The number of hydrogen-bond donors (Lipinski definition) is 0. The van der Waals surface area contributed by atoms with E-state index in [-0.39, 0.29) is 43.6 Å². The molecule has 19 aromatic carbocycles. The lowest BCUT2D eigenvalue weighted by Gasteiger charge is -2.10. The van der Waals surface area contributed by atoms with Crippen LogP contribution in [0.3, 0.4) is 0 Å². The maximum Gasteiger partial charge on any atom is 0.166 e. The zero-order valence-corrected chi connectivity index (χ0v) is 74.8. The van der Waals surface area contributed by atoms with Crippen LogP contribution in [-0.2, 0) is 43.6 Å². The van der Waals surface area contributed by atoms with E-state index in [0.29, 0.717) is 0 Å². The van der Waals surface area contributed by atoms with E-state index in [9.17, 15) is 0 Å². The Morgan fingerprint density at radius 1 is 0.0894 bits per heavy atom. The molecule has 9 heteroatoms. The molecule has 0 aromatic heterocycles. The summed E-state index contributed by atoms with van der Waals surface area (Å²) < 4.78 is 0. The lowest BCUT2D eigenvalue weighted by molar-refractivity contribution is 1.25. The summed E-state index contributed by atoms with van der Waals surface area (Å²) in [7, 11) is -0.467. The summed E-state index contributed by atoms with van der Waals surface area (Å²) in [4.78, 5) is 28.6. The van der Waals surface area contributed by atoms with Crippen LogP contribution in [0.4, 0.5) is 0 Å². The number of rotatable bonds is 24. The quantitative estimate of drug-likeness (QED) is 0.0551. The highest BCUT2D eigenvalue weighted by atomic mass is 32.2. The molecule has 0 aliphatic carbocycles. The monoisotopic (exact) mass is 1740 g/mol. The molecule has 0 radical (unpaired) electrons. The lowest BCUT2D eigenvalue weighted by atomic mass is 10.1. The van der Waals surface area contributed by atoms with E-state index in [1.807, 2.05) is 0 Å². The van der Waals surface area contributed by atoms with Crippen molar-refractivity contribution in [3.8, 4) is 22.3 Å². The van der Waals surface area contributed by atoms with Crippen LogP contribution in [0.15, 0.2) is 642 Å². The fourth-order valence-electron chi connectivity index (χ4n) is 13.6. The number of hydrogen-bond acceptors (Lipinski definition) is 5. The van der Waals surface area contributed by atoms with Gasteiger partial charge in [-0.1, -0.05) is 314 Å². The molecule has 19 aromatic rings. The molecule has 594 valence electrons. The van der Waals surface area contributed by atoms with E-state index in [4.69, 9.17) is 0 Å². The van der Waals surface area contributed by atoms with Crippen LogP contribution in [0, 0.1) is 0 Å². The molecule has 0 N–H and O–H groups in total. The van der Waals surface area contributed by atoms with E-state index in [1.165, 1.54) is 130 Å². The average Bonchev–Trinajstić information content (AvgIpc) is 0.816. The predicted molar refractivity (Wildman–Crippen MR) is 530 cm³/mol. The van der Waals surface area contributed by atoms with E-state index in [0.717, 1.165) is 0 Å². The van der Waals surface area contributed by atoms with Gasteiger partial charge in [0.25, 0.3) is 0 Å². The van der Waals surface area contributed by atoms with Crippen LogP contribution in [0.25, 0.3) is 22.3 Å². The summed E-state index contributed by atoms with van der Waals surface area (Å²) in [5.41, 5.74) is 4.99. The summed E-state index contributed by atoms with van der Waals surface area (Å²) in [6, 6.07) is 191. The van der Waals surface area contributed by atoms with Crippen molar-refractivity contribution in [2.45, 2.75) is 108 Å². The minimum atomic E-state index is -0.207. The summed E-state index contributed by atoms with van der Waals surface area (Å²) in [6.07, 6.45) is 0. The van der Waals surface area contributed by atoms with Gasteiger partial charge in [-0.25, -0.2) is 0 Å². The van der Waals surface area contributed by atoms with Crippen molar-refractivity contribution in [3.05, 3.63) is 534 Å². The Morgan fingerprint density at radius 3 is 0.366 bits per heavy atom. The van der Waals surface area contributed by atoms with Crippen molar-refractivity contribution in [2.24, 2.45) is 0 Å². The normalized spacial score (nSPS) is 11.1. The van der Waals surface area contributed by atoms with E-state index in [1.54, 1.807) is 58.8 Å². The SMILES string of the molecule is c1ccc(-c2ccc(Sc3ccc([S+](c4ccccc4)c4ccc(-c5ccccc5)cc4)cc3)cc2)cc1.c1ccc(Sc2ccc([S+](c3ccc(Sc4ccccc4)cc3)c3ccc(Sc4ccccc4)cc3)cc2)cc1.c1ccc(Sc2ccc([S+](c3ccccc3)c3ccccc3)cc2)cc1.c1ccc([S+](c2ccccc2)c2ccccc2)cc1. The molecule has 0 aliphatic heterocycles. The second-order valence-electron chi connectivity index (χ2n) is 28.0. The molecule has 0 heterocycles. The molecule has 0 saturated carbocycles. The van der Waals surface area contributed by atoms with Crippen LogP contribution in [0.5, 0.6) is 0 Å². The third-order valence-electron chi connectivity index (χ3n) is 19.5. The standard InChI is InChI=1S/C36H27S4.C36H27S2.C24H19S2.C18H15S/c1-4-10-28(11-5-1)37-31-16-22-34(23-17-31)40(35-24-18-32(19-25-35)38-29-12-6-2-7-13-29)36-26-20-33(21-27-36)39-30-14-8-3-9-15-30;1-4-10-28(11-5-1)30-16-20-32(21-17-30)37-33-22-26-36(27-23-33)38(34-14-8-3-9-15-34)35-24-18-31(19-25-35)29-12-6-2-7-13-29;1-4-10-20(11-5-1)25-21-16-18-24(19-17-21)26(22-12-6-2-7-13-22)23-14-8-3-9-15-23;1-4-10-16(11-5-1)19(17-12-6-2-7-13-17)18-14-8-3-9-15-18/h1-27H;1-27H;1-19H;1-15H/q4*+1. The fraction of sp³-hybridized carbons (Fsp3) is 0. The fourth-order valence-corrected chi connectivity index (χ4v) is 26.0. The van der Waals surface area contributed by atoms with Crippen LogP contribution in [-0.4, -0.2) is 0 Å². The maximum absolute atomic E-state index is 2.30. The van der Waals surface area contributed by atoms with E-state index in [2.05, 4.69) is 534 Å². The molecule has 0 nitrogen and oxygen atoms in total. The van der Waals surface area contributed by atoms with Crippen molar-refractivity contribution >= 4 is 102 Å². The first kappa shape index (κ1) is 84.9. The van der Waals surface area contributed by atoms with Crippen molar-refractivity contribution < 1.29 is 0 Å². The van der Waals surface area contributed by atoms with Gasteiger partial charge >= 0.3 is 0 Å². The van der Waals surface area contributed by atoms with Gasteiger partial charge in [0.05, 0.1) is 43.6 Å². The van der Waals surface area contributed by atoms with Crippen molar-refractivity contribution in [3.63, 3.8) is 0 Å². The summed E-state index contributed by atoms with van der Waals surface area (Å²) in [6.45, 7) is 0. The van der Waals surface area contributed by atoms with Gasteiger partial charge in [0, 0.05) is 49.0 Å². The van der Waals surface area contributed by atoms with Gasteiger partial charge in [-0.05, 0) is 301 Å². The second kappa shape index (κ2) is 44.9. The molecular formula is C114H88S9+4. The Hall–Kier alpha value is -11.7. The van der Waals surface area contributed by atoms with Gasteiger partial charge in [0.1, 0.15) is 0 Å². The van der Waals surface area contributed by atoms with Gasteiger partial charge in [-0.2, -0.15) is 0 Å². The first-order chi connectivity index (χ1) is 61.0. The first-order valence-corrected chi connectivity index (χ1v) is 49.6. The lowest BCUT2D eigenvalue weighted by Crippen LogP contribution is -2.04. The van der Waals surface area contributed by atoms with Crippen LogP contribution in [0.2, 0.25) is 0 Å². The molecular weight excluding hydrogens is 1660 g/mol. The van der Waals surface area contributed by atoms with Crippen LogP contribution < -0.4 is 0 Å². The van der Waals surface area contributed by atoms with Crippen molar-refractivity contribution in [2.75, 3.05) is 0 Å². The highest BCUT2D eigenvalue weighted by Crippen LogP contribution is 2.42. The first-order valence-electron chi connectivity index (χ1n) is 40.7. The third-order valence-corrected chi connectivity index (χ3v) is 33.5. The molecule has 0 bridgehead atoms. The van der Waals surface area contributed by atoms with Crippen molar-refractivity contribution in [1.29, 1.82) is 0 Å². The van der Waals surface area contributed by atoms with Gasteiger partial charge < -0.3 is 0 Å². The zero-order chi connectivity index (χ0) is 83.1. The molecule has 0 fully saturated rings. The van der Waals surface area contributed by atoms with Crippen molar-refractivity contribution in [1.82, 2.24) is 0 Å². The third kappa shape index (κ3) is 24.4. The summed E-state index contributed by atoms with van der Waals surface area (Å²) in [5, 5.41) is 0. The Bertz CT molecular complexity index is 5930.